The van der Waals surface area contributed by atoms with Crippen LogP contribution in [0.4, 0.5) is 0 Å². The Hall–Kier alpha value is -1.19. The highest BCUT2D eigenvalue weighted by atomic mass is 35.5. The number of nitrogens with two attached hydrogens (primary N) is 1. The van der Waals surface area contributed by atoms with Crippen molar-refractivity contribution in [3.63, 3.8) is 0 Å². The Bertz CT molecular complexity index is 749. The van der Waals surface area contributed by atoms with Gasteiger partial charge in [0.05, 0.1) is 18.1 Å². The van der Waals surface area contributed by atoms with Crippen LogP contribution in [0.3, 0.4) is 0 Å². The maximum absolute atomic E-state index is 13.3. The first-order chi connectivity index (χ1) is 13.7. The lowest BCUT2D eigenvalue weighted by Gasteiger charge is -2.31. The molecule has 1 fully saturated rings. The van der Waals surface area contributed by atoms with Crippen LogP contribution >= 0.6 is 11.6 Å². The summed E-state index contributed by atoms with van der Waals surface area (Å²) >= 11 is 5.90. The molecule has 29 heavy (non-hydrogen) atoms. The molecule has 164 valence electrons. The monoisotopic (exact) mass is 445 g/mol. The summed E-state index contributed by atoms with van der Waals surface area (Å²) in [7, 11) is -3.87. The minimum atomic E-state index is -3.87. The average Bonchev–Trinajstić information content (AvgIpc) is 2.67. The van der Waals surface area contributed by atoms with E-state index >= 15 is 0 Å². The van der Waals surface area contributed by atoms with E-state index in [9.17, 15) is 13.2 Å². The topological polar surface area (TPSA) is 92.9 Å². The molecule has 0 aliphatic carbocycles. The molecule has 0 bridgehead atoms. The second-order valence-electron chi connectivity index (χ2n) is 7.78. The van der Waals surface area contributed by atoms with E-state index < -0.39 is 22.0 Å². The fourth-order valence-electron chi connectivity index (χ4n) is 3.44. The predicted octanol–water partition coefficient (Wildman–Crippen LogP) is 2.34. The summed E-state index contributed by atoms with van der Waals surface area (Å²) in [5, 5.41) is 0.453. The summed E-state index contributed by atoms with van der Waals surface area (Å²) in [6.07, 6.45) is 1.86. The number of carbonyl (C=O) groups is 1. The summed E-state index contributed by atoms with van der Waals surface area (Å²) in [4.78, 5) is 14.6. The van der Waals surface area contributed by atoms with Gasteiger partial charge < -0.3 is 10.5 Å². The van der Waals surface area contributed by atoms with E-state index in [1.165, 1.54) is 28.6 Å². The number of rotatable bonds is 11. The largest absolute Gasteiger partial charge is 0.379 e. The van der Waals surface area contributed by atoms with E-state index in [1.54, 1.807) is 0 Å². The minimum Gasteiger partial charge on any atom is -0.379 e. The van der Waals surface area contributed by atoms with Gasteiger partial charge in [-0.3, -0.25) is 9.69 Å². The van der Waals surface area contributed by atoms with Crippen molar-refractivity contribution in [3.8, 4) is 0 Å². The molecular weight excluding hydrogens is 414 g/mol. The molecule has 1 aliphatic heterocycles. The number of hydrogen-bond acceptors (Lipinski definition) is 5. The SMILES string of the molecule is CC(C)C[C@H](C(N)=O)N(CCCCN1CCOCC1)S(=O)(=O)c1ccc(Cl)cc1. The molecule has 7 nitrogen and oxygen atoms in total. The van der Waals surface area contributed by atoms with Gasteiger partial charge in [0.15, 0.2) is 0 Å². The van der Waals surface area contributed by atoms with Crippen LogP contribution in [0, 0.1) is 5.92 Å². The van der Waals surface area contributed by atoms with Crippen molar-refractivity contribution in [2.75, 3.05) is 39.4 Å². The highest BCUT2D eigenvalue weighted by molar-refractivity contribution is 7.89. The highest BCUT2D eigenvalue weighted by Crippen LogP contribution is 2.24. The van der Waals surface area contributed by atoms with Crippen LogP contribution < -0.4 is 5.73 Å². The molecule has 0 spiro atoms. The number of unbranched alkanes of at least 4 members (excludes halogenated alkanes) is 1. The predicted molar refractivity (Wildman–Crippen MR) is 114 cm³/mol. The third-order valence-corrected chi connectivity index (χ3v) is 7.17. The Kier molecular flexibility index (Phi) is 9.36. The van der Waals surface area contributed by atoms with E-state index in [2.05, 4.69) is 4.90 Å². The zero-order valence-electron chi connectivity index (χ0n) is 17.2. The molecular formula is C20H32ClN3O4S. The first kappa shape index (κ1) is 24.1. The standard InChI is InChI=1S/C20H32ClN3O4S/c1-16(2)15-19(20(22)25)24(10-4-3-9-23-11-13-28-14-12-23)29(26,27)18-7-5-17(21)6-8-18/h5-8,16,19H,3-4,9-15H2,1-2H3,(H2,22,25)/t19-/m1/s1. The molecule has 0 aromatic heterocycles. The lowest BCUT2D eigenvalue weighted by molar-refractivity contribution is -0.122. The van der Waals surface area contributed by atoms with Gasteiger partial charge in [0.25, 0.3) is 0 Å². The summed E-state index contributed by atoms with van der Waals surface area (Å²) < 4.78 is 33.3. The number of carbonyl (C=O) groups excluding carboxylic acids is 1. The van der Waals surface area contributed by atoms with E-state index in [4.69, 9.17) is 22.1 Å². The lowest BCUT2D eigenvalue weighted by atomic mass is 10.0. The number of sulfonamides is 1. The summed E-state index contributed by atoms with van der Waals surface area (Å²) in [6.45, 7) is 8.26. The first-order valence-electron chi connectivity index (χ1n) is 10.1. The Morgan fingerprint density at radius 1 is 1.21 bits per heavy atom. The quantitative estimate of drug-likeness (QED) is 0.527. The van der Waals surface area contributed by atoms with Crippen LogP contribution in [0.5, 0.6) is 0 Å². The molecule has 1 atom stereocenters. The van der Waals surface area contributed by atoms with Crippen LogP contribution in [0.2, 0.25) is 5.02 Å². The number of hydrogen-bond donors (Lipinski definition) is 1. The second kappa shape index (κ2) is 11.3. The molecule has 0 radical (unpaired) electrons. The van der Waals surface area contributed by atoms with Crippen LogP contribution in [-0.4, -0.2) is 69.0 Å². The van der Waals surface area contributed by atoms with E-state index in [1.807, 2.05) is 13.8 Å². The maximum atomic E-state index is 13.3. The number of ether oxygens (including phenoxy) is 1. The van der Waals surface area contributed by atoms with Crippen molar-refractivity contribution in [1.82, 2.24) is 9.21 Å². The highest BCUT2D eigenvalue weighted by Gasteiger charge is 2.34. The number of morpholine rings is 1. The van der Waals surface area contributed by atoms with Gasteiger partial charge in [0.2, 0.25) is 15.9 Å². The second-order valence-corrected chi connectivity index (χ2v) is 10.1. The van der Waals surface area contributed by atoms with Crippen LogP contribution in [-0.2, 0) is 19.6 Å². The molecule has 1 saturated heterocycles. The van der Waals surface area contributed by atoms with Gasteiger partial charge in [0, 0.05) is 24.7 Å². The summed E-state index contributed by atoms with van der Waals surface area (Å²) in [6, 6.07) is 5.12. The molecule has 2 N–H and O–H groups in total. The Morgan fingerprint density at radius 3 is 2.38 bits per heavy atom. The number of amides is 1. The Balaban J connectivity index is 2.15. The molecule has 1 heterocycles. The number of halogens is 1. The molecule has 1 aliphatic rings. The average molecular weight is 446 g/mol. The lowest BCUT2D eigenvalue weighted by Crippen LogP contribution is -2.49. The van der Waals surface area contributed by atoms with Gasteiger partial charge in [-0.15, -0.1) is 0 Å². The fraction of sp³-hybridized carbons (Fsp3) is 0.650. The van der Waals surface area contributed by atoms with Crippen LogP contribution in [0.1, 0.15) is 33.1 Å². The number of primary amides is 1. The van der Waals surface area contributed by atoms with Gasteiger partial charge in [-0.05, 0) is 56.0 Å². The van der Waals surface area contributed by atoms with Crippen LogP contribution in [0.15, 0.2) is 29.2 Å². The summed E-state index contributed by atoms with van der Waals surface area (Å²) in [5.74, 6) is -0.492. The zero-order valence-corrected chi connectivity index (χ0v) is 18.8. The van der Waals surface area contributed by atoms with Crippen LogP contribution in [0.25, 0.3) is 0 Å². The fourth-order valence-corrected chi connectivity index (χ4v) is 5.21. The minimum absolute atomic E-state index is 0.116. The van der Waals surface area contributed by atoms with Gasteiger partial charge in [0.1, 0.15) is 6.04 Å². The Morgan fingerprint density at radius 2 is 1.83 bits per heavy atom. The van der Waals surface area contributed by atoms with Crippen molar-refractivity contribution in [2.45, 2.75) is 44.0 Å². The third-order valence-electron chi connectivity index (χ3n) is 5.00. The van der Waals surface area contributed by atoms with E-state index in [0.717, 1.165) is 39.3 Å². The third kappa shape index (κ3) is 7.22. The molecule has 1 aromatic carbocycles. The normalized spacial score (nSPS) is 17.0. The van der Waals surface area contributed by atoms with Crippen molar-refractivity contribution >= 4 is 27.5 Å². The molecule has 2 rings (SSSR count). The molecule has 0 saturated carbocycles. The smallest absolute Gasteiger partial charge is 0.243 e. The van der Waals surface area contributed by atoms with Crippen molar-refractivity contribution in [2.24, 2.45) is 11.7 Å². The van der Waals surface area contributed by atoms with Crippen molar-refractivity contribution in [1.29, 1.82) is 0 Å². The first-order valence-corrected chi connectivity index (χ1v) is 11.9. The summed E-state index contributed by atoms with van der Waals surface area (Å²) in [5.41, 5.74) is 5.62. The van der Waals surface area contributed by atoms with E-state index in [-0.39, 0.29) is 17.4 Å². The molecule has 1 aromatic rings. The molecule has 1 amide bonds. The zero-order chi connectivity index (χ0) is 21.4. The van der Waals surface area contributed by atoms with E-state index in [0.29, 0.717) is 17.9 Å². The Labute approximate surface area is 179 Å². The van der Waals surface area contributed by atoms with Gasteiger partial charge in [-0.2, -0.15) is 4.31 Å². The van der Waals surface area contributed by atoms with Crippen molar-refractivity contribution in [3.05, 3.63) is 29.3 Å². The molecule has 0 unspecified atom stereocenters. The number of benzene rings is 1. The van der Waals surface area contributed by atoms with Gasteiger partial charge in [-0.25, -0.2) is 8.42 Å². The molecule has 9 heteroatoms. The van der Waals surface area contributed by atoms with Gasteiger partial charge in [-0.1, -0.05) is 25.4 Å². The van der Waals surface area contributed by atoms with Gasteiger partial charge >= 0.3 is 0 Å². The van der Waals surface area contributed by atoms with Crippen molar-refractivity contribution < 1.29 is 17.9 Å². The number of nitrogens with zero attached hydrogens (tertiary/aromatic N) is 2. The maximum Gasteiger partial charge on any atom is 0.243 e.